The molecule has 1 heterocycles. The molecule has 0 aliphatic carbocycles. The summed E-state index contributed by atoms with van der Waals surface area (Å²) < 4.78 is 30.1. The van der Waals surface area contributed by atoms with Gasteiger partial charge in [-0.05, 0) is 24.3 Å². The number of thiazole rings is 1. The van der Waals surface area contributed by atoms with E-state index in [0.717, 1.165) is 4.70 Å². The van der Waals surface area contributed by atoms with Crippen LogP contribution in [0.4, 0.5) is 14.5 Å². The zero-order chi connectivity index (χ0) is 17.1. The van der Waals surface area contributed by atoms with Crippen LogP contribution >= 0.6 is 11.3 Å². The fourth-order valence-corrected chi connectivity index (χ4v) is 2.95. The second kappa shape index (κ2) is 6.71. The number of nitrogens with zero attached hydrogens (tertiary/aromatic N) is 2. The van der Waals surface area contributed by atoms with E-state index in [2.05, 4.69) is 9.72 Å². The summed E-state index contributed by atoms with van der Waals surface area (Å²) in [4.78, 5) is 14.6. The van der Waals surface area contributed by atoms with Gasteiger partial charge in [-0.1, -0.05) is 18.2 Å². The molecule has 3 aromatic rings. The molecule has 0 N–H and O–H groups in total. The minimum absolute atomic E-state index is 0.0287. The Bertz CT molecular complexity index is 925. The van der Waals surface area contributed by atoms with Crippen LogP contribution in [-0.2, 0) is 0 Å². The van der Waals surface area contributed by atoms with Crippen LogP contribution in [0.5, 0.6) is 5.75 Å². The number of nitro groups is 1. The smallest absolute Gasteiger partial charge is 0.387 e. The normalized spacial score (nSPS) is 11.5. The van der Waals surface area contributed by atoms with E-state index >= 15 is 0 Å². The summed E-state index contributed by atoms with van der Waals surface area (Å²) in [6.07, 6.45) is 3.27. The van der Waals surface area contributed by atoms with Crippen molar-refractivity contribution in [2.24, 2.45) is 0 Å². The van der Waals surface area contributed by atoms with Crippen LogP contribution < -0.4 is 4.74 Å². The molecule has 1 aromatic heterocycles. The molecule has 0 aliphatic heterocycles. The minimum atomic E-state index is -2.90. The highest BCUT2D eigenvalue weighted by Crippen LogP contribution is 2.28. The van der Waals surface area contributed by atoms with Gasteiger partial charge in [0.1, 0.15) is 10.8 Å². The molecule has 2 aromatic carbocycles. The maximum atomic E-state index is 12.4. The summed E-state index contributed by atoms with van der Waals surface area (Å²) in [6, 6.07) is 10.9. The largest absolute Gasteiger partial charge is 0.434 e. The second-order valence-corrected chi connectivity index (χ2v) is 5.77. The van der Waals surface area contributed by atoms with Crippen LogP contribution in [0.1, 0.15) is 10.6 Å². The Balaban J connectivity index is 1.89. The molecule has 0 aliphatic rings. The van der Waals surface area contributed by atoms with Crippen LogP contribution in [-0.4, -0.2) is 16.5 Å². The van der Waals surface area contributed by atoms with E-state index in [9.17, 15) is 18.9 Å². The molecule has 0 saturated carbocycles. The summed E-state index contributed by atoms with van der Waals surface area (Å²) in [5.41, 5.74) is 0.980. The second-order valence-electron chi connectivity index (χ2n) is 4.71. The Labute approximate surface area is 139 Å². The molecule has 0 bridgehead atoms. The number of benzene rings is 2. The van der Waals surface area contributed by atoms with Crippen LogP contribution in [0.2, 0.25) is 0 Å². The number of nitro benzene ring substituents is 1. The number of non-ortho nitro benzene ring substituents is 1. The molecular weight excluding hydrogens is 338 g/mol. The first-order valence-electron chi connectivity index (χ1n) is 6.80. The lowest BCUT2D eigenvalue weighted by Gasteiger charge is -2.06. The third kappa shape index (κ3) is 3.54. The van der Waals surface area contributed by atoms with Crippen LogP contribution in [0.15, 0.2) is 42.5 Å². The number of fused-ring (bicyclic) bond motifs is 1. The van der Waals surface area contributed by atoms with E-state index in [1.54, 1.807) is 36.4 Å². The van der Waals surface area contributed by atoms with E-state index in [-0.39, 0.29) is 11.4 Å². The van der Waals surface area contributed by atoms with Crippen molar-refractivity contribution < 1.29 is 18.4 Å². The van der Waals surface area contributed by atoms with Crippen molar-refractivity contribution >= 4 is 39.4 Å². The van der Waals surface area contributed by atoms with Crippen molar-refractivity contribution in [2.45, 2.75) is 6.61 Å². The monoisotopic (exact) mass is 348 g/mol. The van der Waals surface area contributed by atoms with Gasteiger partial charge in [-0.15, -0.1) is 11.3 Å². The molecule has 24 heavy (non-hydrogen) atoms. The average Bonchev–Trinajstić information content (AvgIpc) is 2.95. The zero-order valence-electron chi connectivity index (χ0n) is 12.1. The van der Waals surface area contributed by atoms with E-state index < -0.39 is 11.5 Å². The van der Waals surface area contributed by atoms with Gasteiger partial charge in [0.05, 0.1) is 15.1 Å². The topological polar surface area (TPSA) is 65.3 Å². The lowest BCUT2D eigenvalue weighted by Crippen LogP contribution is -2.02. The third-order valence-corrected chi connectivity index (χ3v) is 4.14. The van der Waals surface area contributed by atoms with E-state index in [1.807, 2.05) is 0 Å². The van der Waals surface area contributed by atoms with Gasteiger partial charge in [-0.3, -0.25) is 10.1 Å². The van der Waals surface area contributed by atoms with Crippen molar-refractivity contribution in [3.63, 3.8) is 0 Å². The Morgan fingerprint density at radius 1 is 1.21 bits per heavy atom. The molecule has 3 rings (SSSR count). The first-order valence-corrected chi connectivity index (χ1v) is 7.61. The van der Waals surface area contributed by atoms with Crippen molar-refractivity contribution in [1.29, 1.82) is 0 Å². The lowest BCUT2D eigenvalue weighted by molar-refractivity contribution is -0.384. The standard InChI is InChI=1S/C16H10F2N2O3S/c17-16(18)23-13-4-2-1-3-10(13)5-8-15-19-12-9-11(20(21)22)6-7-14(12)24-15/h1-9,16H/b8-5+. The highest BCUT2D eigenvalue weighted by Gasteiger charge is 2.10. The molecule has 0 spiro atoms. The van der Waals surface area contributed by atoms with Gasteiger partial charge in [-0.2, -0.15) is 8.78 Å². The average molecular weight is 348 g/mol. The fourth-order valence-electron chi connectivity index (χ4n) is 2.10. The van der Waals surface area contributed by atoms with E-state index in [1.165, 1.54) is 29.5 Å². The first kappa shape index (κ1) is 16.0. The predicted octanol–water partition coefficient (Wildman–Crippen LogP) is 4.98. The number of para-hydroxylation sites is 1. The quantitative estimate of drug-likeness (QED) is 0.482. The number of aromatic nitrogens is 1. The number of ether oxygens (including phenoxy) is 1. The summed E-state index contributed by atoms with van der Waals surface area (Å²) in [5, 5.41) is 11.4. The third-order valence-electron chi connectivity index (χ3n) is 3.14. The lowest BCUT2D eigenvalue weighted by atomic mass is 10.2. The Kier molecular flexibility index (Phi) is 4.48. The summed E-state index contributed by atoms with van der Waals surface area (Å²) in [7, 11) is 0. The van der Waals surface area contributed by atoms with Gasteiger partial charge in [-0.25, -0.2) is 4.98 Å². The Morgan fingerprint density at radius 3 is 2.75 bits per heavy atom. The van der Waals surface area contributed by atoms with Crippen LogP contribution in [0.25, 0.3) is 22.4 Å². The minimum Gasteiger partial charge on any atom is -0.434 e. The van der Waals surface area contributed by atoms with Gasteiger partial charge in [0.15, 0.2) is 0 Å². The highest BCUT2D eigenvalue weighted by molar-refractivity contribution is 7.19. The maximum Gasteiger partial charge on any atom is 0.387 e. The van der Waals surface area contributed by atoms with Gasteiger partial charge in [0.2, 0.25) is 0 Å². The van der Waals surface area contributed by atoms with E-state index in [4.69, 9.17) is 0 Å². The van der Waals surface area contributed by atoms with Crippen LogP contribution in [0.3, 0.4) is 0 Å². The number of alkyl halides is 2. The summed E-state index contributed by atoms with van der Waals surface area (Å²) in [6.45, 7) is -2.90. The highest BCUT2D eigenvalue weighted by atomic mass is 32.1. The fraction of sp³-hybridized carbons (Fsp3) is 0.0625. The van der Waals surface area contributed by atoms with Gasteiger partial charge in [0, 0.05) is 17.7 Å². The summed E-state index contributed by atoms with van der Waals surface area (Å²) in [5.74, 6) is 0.0699. The molecule has 8 heteroatoms. The first-order chi connectivity index (χ1) is 11.5. The van der Waals surface area contributed by atoms with Gasteiger partial charge >= 0.3 is 6.61 Å². The van der Waals surface area contributed by atoms with Gasteiger partial charge < -0.3 is 4.74 Å². The number of hydrogen-bond donors (Lipinski definition) is 0. The van der Waals surface area contributed by atoms with Gasteiger partial charge in [0.25, 0.3) is 5.69 Å². The molecule has 0 fully saturated rings. The number of rotatable bonds is 5. The molecule has 5 nitrogen and oxygen atoms in total. The van der Waals surface area contributed by atoms with Crippen molar-refractivity contribution in [2.75, 3.05) is 0 Å². The van der Waals surface area contributed by atoms with Crippen molar-refractivity contribution in [1.82, 2.24) is 4.98 Å². The zero-order valence-corrected chi connectivity index (χ0v) is 12.9. The maximum absolute atomic E-state index is 12.4. The molecule has 0 amide bonds. The SMILES string of the molecule is O=[N+]([O-])c1ccc2sc(/C=C/c3ccccc3OC(F)F)nc2c1. The Morgan fingerprint density at radius 2 is 2.00 bits per heavy atom. The molecule has 0 saturated heterocycles. The molecule has 0 atom stereocenters. The Hall–Kier alpha value is -2.87. The van der Waals surface area contributed by atoms with E-state index in [0.29, 0.717) is 16.1 Å². The predicted molar refractivity (Wildman–Crippen MR) is 88.3 cm³/mol. The number of halogens is 2. The number of hydrogen-bond acceptors (Lipinski definition) is 5. The molecule has 0 radical (unpaired) electrons. The van der Waals surface area contributed by atoms with Crippen LogP contribution in [0, 0.1) is 10.1 Å². The molecule has 122 valence electrons. The molecular formula is C16H10F2N2O3S. The molecule has 0 unspecified atom stereocenters. The van der Waals surface area contributed by atoms with Crippen molar-refractivity contribution in [3.8, 4) is 5.75 Å². The van der Waals surface area contributed by atoms with Crippen molar-refractivity contribution in [3.05, 3.63) is 63.1 Å². The summed E-state index contributed by atoms with van der Waals surface area (Å²) >= 11 is 1.35.